The largest absolute Gasteiger partial charge is 0.494 e. The number of aromatic amines is 1. The average molecular weight is 380 g/mol. The summed E-state index contributed by atoms with van der Waals surface area (Å²) in [7, 11) is 4.26. The Labute approximate surface area is 165 Å². The lowest BCUT2D eigenvalue weighted by Gasteiger charge is -2.36. The van der Waals surface area contributed by atoms with Crippen LogP contribution in [0.1, 0.15) is 31.2 Å². The van der Waals surface area contributed by atoms with Crippen LogP contribution in [-0.2, 0) is 0 Å². The number of benzene rings is 1. The molecular formula is C21H28N6O. The molecule has 2 heterocycles. The van der Waals surface area contributed by atoms with Crippen LogP contribution in [0.4, 0.5) is 17.5 Å². The third kappa shape index (κ3) is 3.75. The molecule has 28 heavy (non-hydrogen) atoms. The van der Waals surface area contributed by atoms with Crippen molar-refractivity contribution in [3.05, 3.63) is 36.0 Å². The Kier molecular flexibility index (Phi) is 5.09. The third-order valence-corrected chi connectivity index (χ3v) is 5.51. The zero-order chi connectivity index (χ0) is 19.7. The normalized spacial score (nSPS) is 19.9. The van der Waals surface area contributed by atoms with Crippen molar-refractivity contribution in [1.82, 2.24) is 19.9 Å². The molecule has 4 N–H and O–H groups in total. The van der Waals surface area contributed by atoms with E-state index in [0.717, 1.165) is 17.7 Å². The number of likely N-dealkylation sites (N-methyl/N-ethyl adjacent to an activating group) is 1. The third-order valence-electron chi connectivity index (χ3n) is 5.51. The van der Waals surface area contributed by atoms with Gasteiger partial charge in [-0.15, -0.1) is 0 Å². The van der Waals surface area contributed by atoms with Gasteiger partial charge in [0.25, 0.3) is 0 Å². The standard InChI is InChI=1S/C21H28N6O/c1-13-7-6-8-14(11-13)23-19-18-16(12-22-20(18)28)25-21(26-19)24-15-9-4-5-10-17(15)27(2)3/h6-8,11-12,15,17,22,28H,4-5,9-10H2,1-3H3,(H2,23,24,25,26). The highest BCUT2D eigenvalue weighted by Crippen LogP contribution is 2.33. The molecule has 0 radical (unpaired) electrons. The molecule has 7 nitrogen and oxygen atoms in total. The Hall–Kier alpha value is -2.80. The van der Waals surface area contributed by atoms with Gasteiger partial charge in [0.05, 0.1) is 5.52 Å². The molecule has 2 aromatic heterocycles. The highest BCUT2D eigenvalue weighted by atomic mass is 16.3. The van der Waals surface area contributed by atoms with Gasteiger partial charge in [-0.3, -0.25) is 0 Å². The highest BCUT2D eigenvalue weighted by Gasteiger charge is 2.27. The van der Waals surface area contributed by atoms with Crippen molar-refractivity contribution in [2.75, 3.05) is 24.7 Å². The molecule has 7 heteroatoms. The number of H-pyrrole nitrogens is 1. The number of nitrogens with one attached hydrogen (secondary N) is 3. The van der Waals surface area contributed by atoms with Crippen LogP contribution < -0.4 is 10.6 Å². The molecule has 0 spiro atoms. The van der Waals surface area contributed by atoms with E-state index < -0.39 is 0 Å². The number of anilines is 3. The lowest BCUT2D eigenvalue weighted by atomic mass is 9.89. The van der Waals surface area contributed by atoms with Gasteiger partial charge in [-0.05, 0) is 51.6 Å². The second-order valence-electron chi connectivity index (χ2n) is 7.85. The van der Waals surface area contributed by atoms with E-state index in [4.69, 9.17) is 4.98 Å². The number of hydrogen-bond donors (Lipinski definition) is 4. The van der Waals surface area contributed by atoms with Crippen LogP contribution in [0, 0.1) is 6.92 Å². The summed E-state index contributed by atoms with van der Waals surface area (Å²) in [6.45, 7) is 2.05. The Morgan fingerprint density at radius 2 is 2.00 bits per heavy atom. The van der Waals surface area contributed by atoms with E-state index in [1.807, 2.05) is 31.2 Å². The summed E-state index contributed by atoms with van der Waals surface area (Å²) >= 11 is 0. The van der Waals surface area contributed by atoms with Crippen LogP contribution >= 0.6 is 0 Å². The second kappa shape index (κ2) is 7.67. The molecule has 148 valence electrons. The van der Waals surface area contributed by atoms with E-state index in [9.17, 15) is 5.11 Å². The number of nitrogens with zero attached hydrogens (tertiary/aromatic N) is 3. The molecule has 1 aliphatic rings. The molecule has 1 saturated carbocycles. The van der Waals surface area contributed by atoms with Gasteiger partial charge in [-0.25, -0.2) is 4.98 Å². The lowest BCUT2D eigenvalue weighted by Crippen LogP contribution is -2.45. The molecule has 2 atom stereocenters. The SMILES string of the molecule is Cc1cccc(Nc2nc(NC3CCCCC3N(C)C)nc3c[nH]c(O)c23)c1. The predicted octanol–water partition coefficient (Wildman–Crippen LogP) is 4.00. The number of aromatic hydroxyl groups is 1. The topological polar surface area (TPSA) is 89.1 Å². The first-order valence-electron chi connectivity index (χ1n) is 9.86. The number of aryl methyl sites for hydroxylation is 1. The lowest BCUT2D eigenvalue weighted by molar-refractivity contribution is 0.211. The molecule has 1 aliphatic carbocycles. The first-order chi connectivity index (χ1) is 13.5. The minimum absolute atomic E-state index is 0.0699. The van der Waals surface area contributed by atoms with Crippen molar-refractivity contribution in [1.29, 1.82) is 0 Å². The van der Waals surface area contributed by atoms with E-state index >= 15 is 0 Å². The van der Waals surface area contributed by atoms with Gasteiger partial charge in [-0.1, -0.05) is 25.0 Å². The Balaban J connectivity index is 1.68. The van der Waals surface area contributed by atoms with Gasteiger partial charge in [0.1, 0.15) is 11.2 Å². The summed E-state index contributed by atoms with van der Waals surface area (Å²) in [5.74, 6) is 1.25. The zero-order valence-corrected chi connectivity index (χ0v) is 16.7. The monoisotopic (exact) mass is 380 g/mol. The van der Waals surface area contributed by atoms with Gasteiger partial charge < -0.3 is 25.6 Å². The predicted molar refractivity (Wildman–Crippen MR) is 113 cm³/mol. The Bertz CT molecular complexity index is 967. The van der Waals surface area contributed by atoms with Gasteiger partial charge in [0, 0.05) is 24.0 Å². The summed E-state index contributed by atoms with van der Waals surface area (Å²) in [5.41, 5.74) is 2.76. The maximum atomic E-state index is 10.2. The van der Waals surface area contributed by atoms with E-state index in [2.05, 4.69) is 39.6 Å². The average Bonchev–Trinajstić information content (AvgIpc) is 3.03. The van der Waals surface area contributed by atoms with Crippen molar-refractivity contribution >= 4 is 28.4 Å². The van der Waals surface area contributed by atoms with Crippen molar-refractivity contribution in [2.45, 2.75) is 44.7 Å². The number of rotatable bonds is 5. The maximum Gasteiger partial charge on any atom is 0.225 e. The molecular weight excluding hydrogens is 352 g/mol. The first-order valence-corrected chi connectivity index (χ1v) is 9.86. The van der Waals surface area contributed by atoms with E-state index in [-0.39, 0.29) is 5.88 Å². The summed E-state index contributed by atoms with van der Waals surface area (Å²) in [6.07, 6.45) is 6.45. The van der Waals surface area contributed by atoms with Crippen LogP contribution in [0.2, 0.25) is 0 Å². The van der Waals surface area contributed by atoms with Gasteiger partial charge in [0.2, 0.25) is 11.8 Å². The molecule has 0 saturated heterocycles. The van der Waals surface area contributed by atoms with Crippen LogP contribution in [0.25, 0.3) is 10.9 Å². The zero-order valence-electron chi connectivity index (χ0n) is 16.7. The van der Waals surface area contributed by atoms with Crippen LogP contribution in [0.15, 0.2) is 30.5 Å². The maximum absolute atomic E-state index is 10.2. The quantitative estimate of drug-likeness (QED) is 0.535. The summed E-state index contributed by atoms with van der Waals surface area (Å²) in [4.78, 5) is 14.5. The molecule has 0 aliphatic heterocycles. The van der Waals surface area contributed by atoms with Crippen LogP contribution in [0.3, 0.4) is 0 Å². The molecule has 0 amide bonds. The molecule has 2 unspecified atom stereocenters. The molecule has 1 aromatic carbocycles. The Morgan fingerprint density at radius 3 is 2.79 bits per heavy atom. The van der Waals surface area contributed by atoms with Gasteiger partial charge in [0.15, 0.2) is 0 Å². The minimum Gasteiger partial charge on any atom is -0.494 e. The fourth-order valence-electron chi connectivity index (χ4n) is 4.10. The fourth-order valence-corrected chi connectivity index (χ4v) is 4.10. The van der Waals surface area contributed by atoms with Gasteiger partial charge in [-0.2, -0.15) is 4.98 Å². The number of aromatic nitrogens is 3. The Morgan fingerprint density at radius 1 is 1.18 bits per heavy atom. The van der Waals surface area contributed by atoms with Crippen molar-refractivity contribution < 1.29 is 5.11 Å². The summed E-state index contributed by atoms with van der Waals surface area (Å²) in [6, 6.07) is 8.85. The fraction of sp³-hybridized carbons (Fsp3) is 0.429. The second-order valence-corrected chi connectivity index (χ2v) is 7.85. The summed E-state index contributed by atoms with van der Waals surface area (Å²) < 4.78 is 0. The minimum atomic E-state index is 0.0699. The van der Waals surface area contributed by atoms with Crippen LogP contribution in [0.5, 0.6) is 5.88 Å². The highest BCUT2D eigenvalue weighted by molar-refractivity contribution is 5.96. The molecule has 1 fully saturated rings. The van der Waals surface area contributed by atoms with E-state index in [0.29, 0.717) is 34.8 Å². The molecule has 0 bridgehead atoms. The van der Waals surface area contributed by atoms with Crippen molar-refractivity contribution in [2.24, 2.45) is 0 Å². The van der Waals surface area contributed by atoms with E-state index in [1.165, 1.54) is 19.3 Å². The van der Waals surface area contributed by atoms with Crippen molar-refractivity contribution in [3.8, 4) is 5.88 Å². The smallest absolute Gasteiger partial charge is 0.225 e. The molecule has 3 aromatic rings. The van der Waals surface area contributed by atoms with Gasteiger partial charge >= 0.3 is 0 Å². The van der Waals surface area contributed by atoms with Crippen LogP contribution in [-0.4, -0.2) is 51.1 Å². The molecule has 4 rings (SSSR count). The van der Waals surface area contributed by atoms with Crippen molar-refractivity contribution in [3.63, 3.8) is 0 Å². The number of fused-ring (bicyclic) bond motifs is 1. The van der Waals surface area contributed by atoms with E-state index in [1.54, 1.807) is 6.20 Å². The summed E-state index contributed by atoms with van der Waals surface area (Å²) in [5, 5.41) is 17.7. The number of hydrogen-bond acceptors (Lipinski definition) is 6. The first kappa shape index (κ1) is 18.6.